The van der Waals surface area contributed by atoms with Crippen LogP contribution in [0.2, 0.25) is 0 Å². The molecule has 31 heavy (non-hydrogen) atoms. The Hall–Kier alpha value is -2.99. The first-order chi connectivity index (χ1) is 15.1. The van der Waals surface area contributed by atoms with E-state index < -0.39 is 0 Å². The predicted molar refractivity (Wildman–Crippen MR) is 118 cm³/mol. The lowest BCUT2D eigenvalue weighted by Gasteiger charge is -2.40. The molecule has 1 atom stereocenters. The average molecular weight is 419 g/mol. The molecule has 1 N–H and O–H groups in total. The van der Waals surface area contributed by atoms with Gasteiger partial charge in [0.1, 0.15) is 5.82 Å². The number of piperidine rings is 1. The van der Waals surface area contributed by atoms with Gasteiger partial charge in [0.15, 0.2) is 0 Å². The second kappa shape index (κ2) is 8.27. The van der Waals surface area contributed by atoms with Crippen molar-refractivity contribution in [1.29, 1.82) is 0 Å². The highest BCUT2D eigenvalue weighted by Gasteiger charge is 2.42. The van der Waals surface area contributed by atoms with E-state index in [1.54, 1.807) is 6.20 Å². The molecule has 160 valence electrons. The summed E-state index contributed by atoms with van der Waals surface area (Å²) in [6, 6.07) is 14.6. The van der Waals surface area contributed by atoms with Crippen molar-refractivity contribution in [3.63, 3.8) is 0 Å². The summed E-state index contributed by atoms with van der Waals surface area (Å²) in [5, 5.41) is 6.83. The summed E-state index contributed by atoms with van der Waals surface area (Å²) in [5.41, 5.74) is 4.01. The molecule has 5 rings (SSSR count). The molecular weight excluding hydrogens is 391 g/mol. The van der Waals surface area contributed by atoms with Crippen LogP contribution in [0.5, 0.6) is 0 Å². The maximum Gasteiger partial charge on any atom is 0.253 e. The van der Waals surface area contributed by atoms with E-state index in [9.17, 15) is 9.18 Å². The van der Waals surface area contributed by atoms with E-state index in [4.69, 9.17) is 0 Å². The molecule has 0 aliphatic carbocycles. The van der Waals surface area contributed by atoms with E-state index in [-0.39, 0.29) is 17.1 Å². The summed E-state index contributed by atoms with van der Waals surface area (Å²) in [6.07, 6.45) is 6.95. The van der Waals surface area contributed by atoms with Crippen LogP contribution in [-0.2, 0) is 6.54 Å². The van der Waals surface area contributed by atoms with Gasteiger partial charge in [-0.25, -0.2) is 4.39 Å². The summed E-state index contributed by atoms with van der Waals surface area (Å²) < 4.78 is 13.2. The van der Waals surface area contributed by atoms with Crippen molar-refractivity contribution >= 4 is 5.91 Å². The Labute approximate surface area is 181 Å². The number of nitrogens with zero attached hydrogens (tertiary/aromatic N) is 3. The molecule has 0 radical (unpaired) electrons. The fourth-order valence-corrected chi connectivity index (χ4v) is 5.16. The highest BCUT2D eigenvalue weighted by Crippen LogP contribution is 2.40. The zero-order valence-corrected chi connectivity index (χ0v) is 17.6. The second-order valence-electron chi connectivity index (χ2n) is 8.99. The Kier molecular flexibility index (Phi) is 5.32. The molecule has 0 unspecified atom stereocenters. The number of nitrogens with one attached hydrogen (secondary N) is 1. The van der Waals surface area contributed by atoms with Crippen molar-refractivity contribution in [3.8, 4) is 11.1 Å². The SMILES string of the molecule is O=C(c1cccc(-c2cn[nH]c2)c1)N1CC[C@]2(CCCN(Cc3ccc(F)cc3)C2)C1. The quantitative estimate of drug-likeness (QED) is 0.686. The molecule has 3 heterocycles. The van der Waals surface area contributed by atoms with Crippen molar-refractivity contribution in [2.24, 2.45) is 5.41 Å². The zero-order valence-electron chi connectivity index (χ0n) is 17.6. The van der Waals surface area contributed by atoms with Gasteiger partial charge in [0.25, 0.3) is 5.91 Å². The van der Waals surface area contributed by atoms with E-state index in [1.165, 1.54) is 12.1 Å². The lowest BCUT2D eigenvalue weighted by atomic mass is 9.79. The van der Waals surface area contributed by atoms with Gasteiger partial charge in [-0.3, -0.25) is 14.8 Å². The number of aromatic nitrogens is 2. The molecule has 2 aromatic carbocycles. The monoisotopic (exact) mass is 418 g/mol. The Bertz CT molecular complexity index is 1050. The fourth-order valence-electron chi connectivity index (χ4n) is 5.16. The predicted octanol–water partition coefficient (Wildman–Crippen LogP) is 4.34. The molecule has 0 bridgehead atoms. The largest absolute Gasteiger partial charge is 0.338 e. The minimum Gasteiger partial charge on any atom is -0.338 e. The van der Waals surface area contributed by atoms with Gasteiger partial charge in [-0.2, -0.15) is 5.10 Å². The van der Waals surface area contributed by atoms with E-state index >= 15 is 0 Å². The van der Waals surface area contributed by atoms with Crippen LogP contribution in [0.1, 0.15) is 35.2 Å². The molecule has 1 aromatic heterocycles. The van der Waals surface area contributed by atoms with Gasteiger partial charge in [0.05, 0.1) is 6.20 Å². The molecule has 6 heteroatoms. The number of carbonyl (C=O) groups is 1. The van der Waals surface area contributed by atoms with Crippen molar-refractivity contribution in [3.05, 3.63) is 77.9 Å². The van der Waals surface area contributed by atoms with Crippen molar-refractivity contribution in [2.45, 2.75) is 25.8 Å². The van der Waals surface area contributed by atoms with Gasteiger partial charge >= 0.3 is 0 Å². The summed E-state index contributed by atoms with van der Waals surface area (Å²) in [6.45, 7) is 4.49. The summed E-state index contributed by atoms with van der Waals surface area (Å²) in [5.74, 6) is -0.0847. The molecule has 2 fully saturated rings. The highest BCUT2D eigenvalue weighted by atomic mass is 19.1. The Morgan fingerprint density at radius 1 is 1.06 bits per heavy atom. The van der Waals surface area contributed by atoms with Gasteiger partial charge in [0.2, 0.25) is 0 Å². The summed E-state index contributed by atoms with van der Waals surface area (Å²) in [7, 11) is 0. The van der Waals surface area contributed by atoms with Crippen LogP contribution >= 0.6 is 0 Å². The number of rotatable bonds is 4. The van der Waals surface area contributed by atoms with Crippen molar-refractivity contribution < 1.29 is 9.18 Å². The lowest BCUT2D eigenvalue weighted by Crippen LogP contribution is -2.45. The Balaban J connectivity index is 1.26. The van der Waals surface area contributed by atoms with Gasteiger partial charge < -0.3 is 4.90 Å². The van der Waals surface area contributed by atoms with Crippen LogP contribution in [0, 0.1) is 11.2 Å². The molecule has 2 saturated heterocycles. The number of hydrogen-bond donors (Lipinski definition) is 1. The van der Waals surface area contributed by atoms with E-state index in [2.05, 4.69) is 15.1 Å². The minimum absolute atomic E-state index is 0.109. The zero-order chi connectivity index (χ0) is 21.3. The van der Waals surface area contributed by atoms with E-state index in [0.29, 0.717) is 0 Å². The van der Waals surface area contributed by atoms with E-state index in [0.717, 1.165) is 74.2 Å². The lowest BCUT2D eigenvalue weighted by molar-refractivity contribution is 0.0675. The first-order valence-corrected chi connectivity index (χ1v) is 11.0. The molecule has 0 saturated carbocycles. The van der Waals surface area contributed by atoms with Gasteiger partial charge in [-0.05, 0) is 61.2 Å². The van der Waals surface area contributed by atoms with Crippen LogP contribution in [0.25, 0.3) is 11.1 Å². The van der Waals surface area contributed by atoms with Crippen LogP contribution in [-0.4, -0.2) is 52.1 Å². The first-order valence-electron chi connectivity index (χ1n) is 11.0. The molecule has 2 aliphatic heterocycles. The molecule has 5 nitrogen and oxygen atoms in total. The van der Waals surface area contributed by atoms with Gasteiger partial charge in [0, 0.05) is 48.9 Å². The third-order valence-corrected chi connectivity index (χ3v) is 6.73. The first kappa shape index (κ1) is 19.9. The number of amides is 1. The molecule has 1 amide bonds. The number of carbonyl (C=O) groups excluding carboxylic acids is 1. The normalized spacial score (nSPS) is 21.6. The average Bonchev–Trinajstić information content (AvgIpc) is 3.46. The molecule has 3 aromatic rings. The number of H-pyrrole nitrogens is 1. The highest BCUT2D eigenvalue weighted by molar-refractivity contribution is 5.95. The Morgan fingerprint density at radius 2 is 1.94 bits per heavy atom. The third-order valence-electron chi connectivity index (χ3n) is 6.73. The smallest absolute Gasteiger partial charge is 0.253 e. The van der Waals surface area contributed by atoms with Gasteiger partial charge in [-0.15, -0.1) is 0 Å². The number of benzene rings is 2. The number of hydrogen-bond acceptors (Lipinski definition) is 3. The second-order valence-corrected chi connectivity index (χ2v) is 8.99. The molecule has 2 aliphatic rings. The van der Waals surface area contributed by atoms with Crippen LogP contribution < -0.4 is 0 Å². The van der Waals surface area contributed by atoms with Gasteiger partial charge in [-0.1, -0.05) is 24.3 Å². The molecular formula is C25H27FN4O. The third kappa shape index (κ3) is 4.26. The minimum atomic E-state index is -0.194. The van der Waals surface area contributed by atoms with Crippen LogP contribution in [0.3, 0.4) is 0 Å². The van der Waals surface area contributed by atoms with E-state index in [1.807, 2.05) is 47.5 Å². The van der Waals surface area contributed by atoms with Crippen LogP contribution in [0.4, 0.5) is 4.39 Å². The number of halogens is 1. The standard InChI is InChI=1S/C25H27FN4O/c26-23-7-5-19(6-8-23)16-29-11-2-9-25(17-29)10-12-30(18-25)24(31)21-4-1-3-20(13-21)22-14-27-28-15-22/h1,3-8,13-15H,2,9-12,16-18H2,(H,27,28)/t25-/m0/s1. The fraction of sp³-hybridized carbons (Fsp3) is 0.360. The summed E-state index contributed by atoms with van der Waals surface area (Å²) in [4.78, 5) is 17.7. The van der Waals surface area contributed by atoms with Crippen molar-refractivity contribution in [2.75, 3.05) is 26.2 Å². The Morgan fingerprint density at radius 3 is 2.74 bits per heavy atom. The topological polar surface area (TPSA) is 52.2 Å². The maximum absolute atomic E-state index is 13.3. The van der Waals surface area contributed by atoms with Crippen LogP contribution in [0.15, 0.2) is 60.9 Å². The summed E-state index contributed by atoms with van der Waals surface area (Å²) >= 11 is 0. The molecule has 1 spiro atoms. The van der Waals surface area contributed by atoms with Crippen molar-refractivity contribution in [1.82, 2.24) is 20.0 Å². The number of aromatic amines is 1. The number of likely N-dealkylation sites (tertiary alicyclic amines) is 2. The maximum atomic E-state index is 13.3.